The predicted octanol–water partition coefficient (Wildman–Crippen LogP) is 2.91. The average molecular weight is 295 g/mol. The van der Waals surface area contributed by atoms with Crippen molar-refractivity contribution < 1.29 is 13.2 Å². The largest absolute Gasteiger partial charge is 0.291 e. The second-order valence-corrected chi connectivity index (χ2v) is 7.24. The molecule has 0 fully saturated rings. The van der Waals surface area contributed by atoms with E-state index in [1.165, 1.54) is 24.3 Å². The Morgan fingerprint density at radius 2 is 1.76 bits per heavy atom. The summed E-state index contributed by atoms with van der Waals surface area (Å²) in [6.45, 7) is 1.56. The molecule has 0 aromatic heterocycles. The fraction of sp³-hybridized carbons (Fsp3) is 0.364. The molecule has 0 aliphatic carbocycles. The van der Waals surface area contributed by atoms with Crippen LogP contribution in [0.5, 0.6) is 0 Å². The van der Waals surface area contributed by atoms with Crippen molar-refractivity contribution in [1.29, 1.82) is 0 Å². The minimum absolute atomic E-state index is 0.00878. The summed E-state index contributed by atoms with van der Waals surface area (Å²) < 4.78 is 21.3. The molecule has 17 heavy (non-hydrogen) atoms. The molecule has 1 aromatic rings. The Kier molecular flexibility index (Phi) is 4.23. The second kappa shape index (κ2) is 4.96. The maximum absolute atomic E-state index is 12.1. The van der Waals surface area contributed by atoms with E-state index >= 15 is 0 Å². The van der Waals surface area contributed by atoms with Gasteiger partial charge in [0.05, 0.1) is 0 Å². The number of carbonyl (C=O) groups is 1. The Labute approximate surface area is 111 Å². The van der Waals surface area contributed by atoms with E-state index in [9.17, 15) is 13.2 Å². The topological polar surface area (TPSA) is 51.2 Å². The molecule has 0 saturated carbocycles. The van der Waals surface area contributed by atoms with Crippen LogP contribution in [0.2, 0.25) is 5.02 Å². The van der Waals surface area contributed by atoms with Gasteiger partial charge in [-0.05, 0) is 30.7 Å². The number of benzene rings is 1. The van der Waals surface area contributed by atoms with E-state index in [2.05, 4.69) is 0 Å². The van der Waals surface area contributed by atoms with Gasteiger partial charge in [-0.2, -0.15) is 0 Å². The summed E-state index contributed by atoms with van der Waals surface area (Å²) in [7, 11) is -3.69. The van der Waals surface area contributed by atoms with Gasteiger partial charge in [0, 0.05) is 16.8 Å². The van der Waals surface area contributed by atoms with Gasteiger partial charge in [0.15, 0.2) is 15.6 Å². The average Bonchev–Trinajstić information content (AvgIpc) is 2.26. The lowest BCUT2D eigenvalue weighted by Gasteiger charge is -2.21. The molecule has 0 amide bonds. The molecule has 0 bridgehead atoms. The smallest absolute Gasteiger partial charge is 0.207 e. The number of hydrogen-bond donors (Lipinski definition) is 0. The molecular weight excluding hydrogens is 283 g/mol. The van der Waals surface area contributed by atoms with Crippen LogP contribution < -0.4 is 0 Å². The summed E-state index contributed by atoms with van der Waals surface area (Å²) in [5.74, 6) is -0.624. The van der Waals surface area contributed by atoms with Crippen molar-refractivity contribution in [3.8, 4) is 0 Å². The van der Waals surface area contributed by atoms with Gasteiger partial charge >= 0.3 is 0 Å². The first-order valence-electron chi connectivity index (χ1n) is 4.91. The van der Waals surface area contributed by atoms with E-state index in [1.807, 2.05) is 0 Å². The molecule has 0 aliphatic heterocycles. The summed E-state index contributed by atoms with van der Waals surface area (Å²) in [5, 5.41) is 0.470. The lowest BCUT2D eigenvalue weighted by molar-refractivity contribution is 0.0971. The Morgan fingerprint density at radius 3 is 2.12 bits per heavy atom. The lowest BCUT2D eigenvalue weighted by atomic mass is 10.1. The third kappa shape index (κ3) is 2.81. The molecule has 0 saturated heterocycles. The SMILES string of the molecule is CC[C@](Cl)(C(=O)c1ccc(Cl)cc1)S(C)(=O)=O. The van der Waals surface area contributed by atoms with Crippen molar-refractivity contribution in [3.05, 3.63) is 34.9 Å². The first kappa shape index (κ1) is 14.5. The second-order valence-electron chi connectivity index (χ2n) is 3.69. The third-order valence-electron chi connectivity index (χ3n) is 2.49. The molecule has 3 nitrogen and oxygen atoms in total. The number of halogens is 2. The number of sulfone groups is 1. The summed E-state index contributed by atoms with van der Waals surface area (Å²) in [6, 6.07) is 5.96. The van der Waals surface area contributed by atoms with Crippen LogP contribution >= 0.6 is 23.2 Å². The summed E-state index contributed by atoms with van der Waals surface area (Å²) in [6.07, 6.45) is 0.964. The first-order valence-corrected chi connectivity index (χ1v) is 7.56. The van der Waals surface area contributed by atoms with Crippen LogP contribution in [0.4, 0.5) is 0 Å². The molecule has 0 unspecified atom stereocenters. The zero-order valence-corrected chi connectivity index (χ0v) is 11.7. The van der Waals surface area contributed by atoms with Crippen LogP contribution in [-0.4, -0.2) is 24.7 Å². The highest BCUT2D eigenvalue weighted by Gasteiger charge is 2.44. The number of carbonyl (C=O) groups excluding carboxylic acids is 1. The standard InChI is InChI=1S/C11H12Cl2O3S/c1-3-11(13,17(2,15)16)10(14)8-4-6-9(12)7-5-8/h4-7H,3H2,1-2H3/t11-/m1/s1. The molecule has 0 aliphatic rings. The quantitative estimate of drug-likeness (QED) is 0.634. The first-order chi connectivity index (χ1) is 7.72. The number of rotatable bonds is 4. The van der Waals surface area contributed by atoms with E-state index in [0.29, 0.717) is 5.02 Å². The van der Waals surface area contributed by atoms with Gasteiger partial charge in [-0.1, -0.05) is 30.1 Å². The van der Waals surface area contributed by atoms with E-state index in [-0.39, 0.29) is 12.0 Å². The fourth-order valence-electron chi connectivity index (χ4n) is 1.41. The number of Topliss-reactive ketones (excluding diaryl/α,β-unsaturated/α-hetero) is 1. The van der Waals surface area contributed by atoms with Crippen molar-refractivity contribution in [2.24, 2.45) is 0 Å². The van der Waals surface area contributed by atoms with Crippen molar-refractivity contribution >= 4 is 38.8 Å². The van der Waals surface area contributed by atoms with E-state index < -0.39 is 19.8 Å². The summed E-state index contributed by atoms with van der Waals surface area (Å²) >= 11 is 11.6. The van der Waals surface area contributed by atoms with Gasteiger partial charge in [0.25, 0.3) is 0 Å². The van der Waals surface area contributed by atoms with Gasteiger partial charge in [-0.25, -0.2) is 8.42 Å². The third-order valence-corrected chi connectivity index (χ3v) is 5.67. The molecule has 0 N–H and O–H groups in total. The van der Waals surface area contributed by atoms with Crippen LogP contribution in [0.15, 0.2) is 24.3 Å². The van der Waals surface area contributed by atoms with Crippen LogP contribution in [0.25, 0.3) is 0 Å². The molecule has 6 heteroatoms. The van der Waals surface area contributed by atoms with Gasteiger partial charge in [-0.15, -0.1) is 0 Å². The maximum atomic E-state index is 12.1. The molecule has 1 atom stereocenters. The minimum Gasteiger partial charge on any atom is -0.291 e. The van der Waals surface area contributed by atoms with Gasteiger partial charge in [0.2, 0.25) is 4.21 Å². The monoisotopic (exact) mass is 294 g/mol. The Bertz CT molecular complexity index is 522. The van der Waals surface area contributed by atoms with Crippen molar-refractivity contribution in [2.45, 2.75) is 17.6 Å². The summed E-state index contributed by atoms with van der Waals surface area (Å²) in [4.78, 5) is 12.1. The van der Waals surface area contributed by atoms with Crippen LogP contribution in [0, 0.1) is 0 Å². The number of ketones is 1. The van der Waals surface area contributed by atoms with Crippen LogP contribution in [-0.2, 0) is 9.84 Å². The molecule has 1 rings (SSSR count). The molecular formula is C11H12Cl2O3S. The zero-order chi connectivity index (χ0) is 13.3. The van der Waals surface area contributed by atoms with Gasteiger partial charge in [0.1, 0.15) is 0 Å². The van der Waals surface area contributed by atoms with E-state index in [1.54, 1.807) is 6.92 Å². The minimum atomic E-state index is -3.69. The number of alkyl halides is 1. The Morgan fingerprint density at radius 1 is 1.29 bits per heavy atom. The highest BCUT2D eigenvalue weighted by Crippen LogP contribution is 2.31. The lowest BCUT2D eigenvalue weighted by Crippen LogP contribution is -2.40. The predicted molar refractivity (Wildman–Crippen MR) is 69.5 cm³/mol. The van der Waals surface area contributed by atoms with Crippen molar-refractivity contribution in [2.75, 3.05) is 6.26 Å². The van der Waals surface area contributed by atoms with Crippen LogP contribution in [0.3, 0.4) is 0 Å². The Hall–Kier alpha value is -0.580. The van der Waals surface area contributed by atoms with E-state index in [4.69, 9.17) is 23.2 Å². The van der Waals surface area contributed by atoms with Crippen molar-refractivity contribution in [1.82, 2.24) is 0 Å². The highest BCUT2D eigenvalue weighted by molar-refractivity contribution is 7.94. The fourth-order valence-corrected chi connectivity index (χ4v) is 2.62. The molecule has 0 heterocycles. The number of hydrogen-bond acceptors (Lipinski definition) is 3. The molecule has 0 spiro atoms. The molecule has 1 aromatic carbocycles. The molecule has 0 radical (unpaired) electrons. The highest BCUT2D eigenvalue weighted by atomic mass is 35.5. The molecule has 94 valence electrons. The van der Waals surface area contributed by atoms with Crippen molar-refractivity contribution in [3.63, 3.8) is 0 Å². The Balaban J connectivity index is 3.24. The normalized spacial score (nSPS) is 15.3. The maximum Gasteiger partial charge on any atom is 0.207 e. The van der Waals surface area contributed by atoms with Gasteiger partial charge < -0.3 is 0 Å². The van der Waals surface area contributed by atoms with E-state index in [0.717, 1.165) is 6.26 Å². The zero-order valence-electron chi connectivity index (χ0n) is 9.41. The van der Waals surface area contributed by atoms with Gasteiger partial charge in [-0.3, -0.25) is 4.79 Å². The van der Waals surface area contributed by atoms with Crippen LogP contribution in [0.1, 0.15) is 23.7 Å². The summed E-state index contributed by atoms with van der Waals surface area (Å²) in [5.41, 5.74) is 0.233.